The number of Topliss-reactive ketones (excluding diaryl/α,β-unsaturated/α-hetero) is 1. The van der Waals surface area contributed by atoms with E-state index in [1.54, 1.807) is 0 Å². The number of halogens is 1. The number of nitrogens with one attached hydrogen (secondary N) is 1. The van der Waals surface area contributed by atoms with Crippen molar-refractivity contribution in [3.63, 3.8) is 0 Å². The Morgan fingerprint density at radius 3 is 2.33 bits per heavy atom. The maximum atomic E-state index is 13.7. The molecule has 0 aliphatic heterocycles. The van der Waals surface area contributed by atoms with Gasteiger partial charge in [0.1, 0.15) is 12.4 Å². The Balaban J connectivity index is 1.49. The van der Waals surface area contributed by atoms with Crippen LogP contribution in [0.4, 0.5) is 4.39 Å². The zero-order valence-corrected chi connectivity index (χ0v) is 17.9. The largest absolute Gasteiger partial charge is 0.456 e. The Labute approximate surface area is 189 Å². The van der Waals surface area contributed by atoms with Crippen molar-refractivity contribution in [2.45, 2.75) is 0 Å². The molecule has 0 saturated carbocycles. The molecule has 0 fully saturated rings. The second-order valence-electron chi connectivity index (χ2n) is 7.41. The van der Waals surface area contributed by atoms with Crippen molar-refractivity contribution in [1.29, 1.82) is 0 Å². The van der Waals surface area contributed by atoms with Gasteiger partial charge in [-0.05, 0) is 23.8 Å². The summed E-state index contributed by atoms with van der Waals surface area (Å²) in [7, 11) is 1.88. The number of amides is 1. The van der Waals surface area contributed by atoms with E-state index in [2.05, 4.69) is 5.32 Å². The number of carbonyl (C=O) groups is 3. The van der Waals surface area contributed by atoms with E-state index in [0.717, 1.165) is 28.2 Å². The van der Waals surface area contributed by atoms with Crippen LogP contribution in [-0.2, 0) is 16.6 Å². The van der Waals surface area contributed by atoms with Gasteiger partial charge in [0.05, 0.1) is 16.8 Å². The lowest BCUT2D eigenvalue weighted by molar-refractivity contribution is -0.141. The van der Waals surface area contributed by atoms with Crippen LogP contribution < -0.4 is 5.32 Å². The fourth-order valence-corrected chi connectivity index (χ4v) is 3.77. The fourth-order valence-electron chi connectivity index (χ4n) is 3.77. The SMILES string of the molecule is Cn1c(-c2ccccc2)c(C(=O)COC(=O)CNC(=O)c2ccccc2F)c2ccccc21. The van der Waals surface area contributed by atoms with E-state index in [1.807, 2.05) is 66.2 Å². The predicted molar refractivity (Wildman–Crippen MR) is 122 cm³/mol. The summed E-state index contributed by atoms with van der Waals surface area (Å²) in [5.41, 5.74) is 2.75. The van der Waals surface area contributed by atoms with Gasteiger partial charge in [-0.15, -0.1) is 0 Å². The zero-order valence-electron chi connectivity index (χ0n) is 17.9. The normalized spacial score (nSPS) is 10.7. The van der Waals surface area contributed by atoms with E-state index < -0.39 is 30.8 Å². The number of hydrogen-bond acceptors (Lipinski definition) is 4. The average molecular weight is 444 g/mol. The molecule has 7 heteroatoms. The van der Waals surface area contributed by atoms with E-state index in [1.165, 1.54) is 18.2 Å². The van der Waals surface area contributed by atoms with Gasteiger partial charge in [-0.1, -0.05) is 60.7 Å². The van der Waals surface area contributed by atoms with Crippen molar-refractivity contribution >= 4 is 28.6 Å². The number of aromatic nitrogens is 1. The van der Waals surface area contributed by atoms with Crippen LogP contribution in [0.1, 0.15) is 20.7 Å². The molecule has 166 valence electrons. The van der Waals surface area contributed by atoms with Crippen molar-refractivity contribution < 1.29 is 23.5 Å². The van der Waals surface area contributed by atoms with Crippen LogP contribution in [0, 0.1) is 5.82 Å². The van der Waals surface area contributed by atoms with Gasteiger partial charge in [0.25, 0.3) is 5.91 Å². The Hall–Kier alpha value is -4.26. The van der Waals surface area contributed by atoms with E-state index in [4.69, 9.17) is 4.74 Å². The van der Waals surface area contributed by atoms with Crippen LogP contribution in [0.15, 0.2) is 78.9 Å². The third kappa shape index (κ3) is 4.52. The van der Waals surface area contributed by atoms with Gasteiger partial charge in [-0.3, -0.25) is 14.4 Å². The number of benzene rings is 3. The monoisotopic (exact) mass is 444 g/mol. The van der Waals surface area contributed by atoms with Crippen LogP contribution in [0.2, 0.25) is 0 Å². The first-order valence-corrected chi connectivity index (χ1v) is 10.3. The molecule has 1 aromatic heterocycles. The van der Waals surface area contributed by atoms with E-state index in [-0.39, 0.29) is 11.3 Å². The summed E-state index contributed by atoms with van der Waals surface area (Å²) in [5.74, 6) is -2.59. The fraction of sp³-hybridized carbons (Fsp3) is 0.115. The average Bonchev–Trinajstić information content (AvgIpc) is 3.14. The zero-order chi connectivity index (χ0) is 23.4. The molecule has 0 aliphatic rings. The summed E-state index contributed by atoms with van der Waals surface area (Å²) in [6.45, 7) is -0.968. The standard InChI is InChI=1S/C26H21FN2O4/c1-29-21-14-8-6-12-19(21)24(25(29)17-9-3-2-4-10-17)22(30)16-33-23(31)15-28-26(32)18-11-5-7-13-20(18)27/h2-14H,15-16H2,1H3,(H,28,32). The molecule has 0 radical (unpaired) electrons. The van der Waals surface area contributed by atoms with E-state index >= 15 is 0 Å². The molecule has 1 N–H and O–H groups in total. The van der Waals surface area contributed by atoms with Gasteiger partial charge in [0, 0.05) is 18.0 Å². The lowest BCUT2D eigenvalue weighted by atomic mass is 10.0. The minimum atomic E-state index is -0.797. The highest BCUT2D eigenvalue weighted by Crippen LogP contribution is 2.33. The number of aryl methyl sites for hydroxylation is 1. The second kappa shape index (κ2) is 9.48. The Bertz CT molecular complexity index is 1350. The number of para-hydroxylation sites is 1. The lowest BCUT2D eigenvalue weighted by Gasteiger charge is -2.09. The number of ether oxygens (including phenoxy) is 1. The summed E-state index contributed by atoms with van der Waals surface area (Å²) in [4.78, 5) is 37.3. The van der Waals surface area contributed by atoms with Crippen LogP contribution in [-0.4, -0.2) is 35.4 Å². The van der Waals surface area contributed by atoms with Gasteiger partial charge >= 0.3 is 5.97 Å². The summed E-state index contributed by atoms with van der Waals surface area (Å²) < 4.78 is 20.7. The molecule has 0 aliphatic carbocycles. The Kier molecular flexibility index (Phi) is 6.31. The maximum Gasteiger partial charge on any atom is 0.325 e. The Morgan fingerprint density at radius 1 is 0.909 bits per heavy atom. The third-order valence-corrected chi connectivity index (χ3v) is 5.31. The summed E-state index contributed by atoms with van der Waals surface area (Å²) in [5, 5.41) is 3.06. The number of hydrogen-bond donors (Lipinski definition) is 1. The van der Waals surface area contributed by atoms with Gasteiger partial charge in [-0.2, -0.15) is 0 Å². The smallest absolute Gasteiger partial charge is 0.325 e. The van der Waals surface area contributed by atoms with Crippen molar-refractivity contribution in [1.82, 2.24) is 9.88 Å². The molecule has 0 saturated heterocycles. The van der Waals surface area contributed by atoms with Gasteiger partial charge in [-0.25, -0.2) is 4.39 Å². The molecule has 4 aromatic rings. The lowest BCUT2D eigenvalue weighted by Crippen LogP contribution is -2.32. The number of nitrogens with zero attached hydrogens (tertiary/aromatic N) is 1. The molecule has 0 atom stereocenters. The number of fused-ring (bicyclic) bond motifs is 1. The molecule has 0 bridgehead atoms. The highest BCUT2D eigenvalue weighted by atomic mass is 19.1. The maximum absolute atomic E-state index is 13.7. The summed E-state index contributed by atoms with van der Waals surface area (Å²) in [6.07, 6.45) is 0. The highest BCUT2D eigenvalue weighted by Gasteiger charge is 2.23. The minimum Gasteiger partial charge on any atom is -0.456 e. The van der Waals surface area contributed by atoms with Crippen molar-refractivity contribution in [2.24, 2.45) is 7.05 Å². The van der Waals surface area contributed by atoms with Gasteiger partial charge in [0.15, 0.2) is 6.61 Å². The molecular weight excluding hydrogens is 423 g/mol. The first kappa shape index (κ1) is 22.0. The molecule has 1 heterocycles. The van der Waals surface area contributed by atoms with Crippen LogP contribution >= 0.6 is 0 Å². The molecule has 4 rings (SSSR count). The molecule has 0 spiro atoms. The molecule has 1 amide bonds. The second-order valence-corrected chi connectivity index (χ2v) is 7.41. The molecular formula is C26H21FN2O4. The number of rotatable bonds is 7. The van der Waals surface area contributed by atoms with Gasteiger partial charge in [0.2, 0.25) is 5.78 Å². The quantitative estimate of drug-likeness (QED) is 0.343. The number of ketones is 1. The first-order chi connectivity index (χ1) is 16.0. The van der Waals surface area contributed by atoms with Gasteiger partial charge < -0.3 is 14.6 Å². The molecule has 3 aromatic carbocycles. The van der Waals surface area contributed by atoms with Crippen LogP contribution in [0.25, 0.3) is 22.2 Å². The minimum absolute atomic E-state index is 0.176. The van der Waals surface area contributed by atoms with Crippen molar-refractivity contribution in [2.75, 3.05) is 13.2 Å². The molecule has 0 unspecified atom stereocenters. The molecule has 6 nitrogen and oxygen atoms in total. The van der Waals surface area contributed by atoms with Crippen molar-refractivity contribution in [3.8, 4) is 11.3 Å². The summed E-state index contributed by atoms with van der Waals surface area (Å²) in [6, 6.07) is 22.4. The van der Waals surface area contributed by atoms with E-state index in [0.29, 0.717) is 5.56 Å². The molecule has 33 heavy (non-hydrogen) atoms. The highest BCUT2D eigenvalue weighted by molar-refractivity contribution is 6.14. The third-order valence-electron chi connectivity index (χ3n) is 5.31. The first-order valence-electron chi connectivity index (χ1n) is 10.3. The van der Waals surface area contributed by atoms with Crippen LogP contribution in [0.5, 0.6) is 0 Å². The topological polar surface area (TPSA) is 77.4 Å². The van der Waals surface area contributed by atoms with Crippen molar-refractivity contribution in [3.05, 3.63) is 95.8 Å². The summed E-state index contributed by atoms with van der Waals surface area (Å²) >= 11 is 0. The Morgan fingerprint density at radius 2 is 1.58 bits per heavy atom. The van der Waals surface area contributed by atoms with E-state index in [9.17, 15) is 18.8 Å². The number of esters is 1. The van der Waals surface area contributed by atoms with Crippen LogP contribution in [0.3, 0.4) is 0 Å². The predicted octanol–water partition coefficient (Wildman–Crippen LogP) is 4.14. The number of carbonyl (C=O) groups excluding carboxylic acids is 3.